The first-order valence-corrected chi connectivity index (χ1v) is 8.15. The molecule has 1 aromatic carbocycles. The van der Waals surface area contributed by atoms with Gasteiger partial charge in [-0.15, -0.1) is 12.4 Å². The predicted molar refractivity (Wildman–Crippen MR) is 94.6 cm³/mol. The maximum Gasteiger partial charge on any atom is 0.348 e. The van der Waals surface area contributed by atoms with E-state index < -0.39 is 12.1 Å². The van der Waals surface area contributed by atoms with Crippen molar-refractivity contribution in [3.63, 3.8) is 0 Å². The summed E-state index contributed by atoms with van der Waals surface area (Å²) < 4.78 is 11.2. The summed E-state index contributed by atoms with van der Waals surface area (Å²) in [6.45, 7) is 2.13. The van der Waals surface area contributed by atoms with Crippen molar-refractivity contribution in [2.45, 2.75) is 25.4 Å². The molecule has 0 radical (unpaired) electrons. The third-order valence-electron chi connectivity index (χ3n) is 4.56. The molecular formula is C16H22Cl2N2O4. The first kappa shape index (κ1) is 19.0. The van der Waals surface area contributed by atoms with Crippen LogP contribution in [0.2, 0.25) is 5.02 Å². The molecule has 0 saturated carbocycles. The van der Waals surface area contributed by atoms with Crippen molar-refractivity contribution in [3.05, 3.63) is 16.7 Å². The molecule has 1 saturated heterocycles. The van der Waals surface area contributed by atoms with Gasteiger partial charge in [-0.05, 0) is 56.9 Å². The summed E-state index contributed by atoms with van der Waals surface area (Å²) in [6, 6.07) is 1.82. The lowest BCUT2D eigenvalue weighted by atomic mass is 9.89. The van der Waals surface area contributed by atoms with Gasteiger partial charge in [-0.25, -0.2) is 4.79 Å². The Morgan fingerprint density at radius 3 is 2.71 bits per heavy atom. The molecule has 3 rings (SSSR count). The fourth-order valence-electron chi connectivity index (χ4n) is 3.13. The minimum Gasteiger partial charge on any atom is -0.485 e. The van der Waals surface area contributed by atoms with Gasteiger partial charge in [0.25, 0.3) is 0 Å². The van der Waals surface area contributed by atoms with Crippen LogP contribution < -0.4 is 15.2 Å². The van der Waals surface area contributed by atoms with Crippen LogP contribution in [0.25, 0.3) is 0 Å². The van der Waals surface area contributed by atoms with E-state index in [0.29, 0.717) is 16.7 Å². The fourth-order valence-corrected chi connectivity index (χ4v) is 3.35. The Labute approximate surface area is 152 Å². The van der Waals surface area contributed by atoms with Crippen LogP contribution in [-0.2, 0) is 11.2 Å². The van der Waals surface area contributed by atoms with E-state index in [0.717, 1.165) is 37.9 Å². The lowest BCUT2D eigenvalue weighted by Gasteiger charge is -2.31. The summed E-state index contributed by atoms with van der Waals surface area (Å²) in [6.07, 6.45) is 2.01. The number of nitrogen functional groups attached to an aromatic ring is 1. The largest absolute Gasteiger partial charge is 0.485 e. The molecule has 3 N–H and O–H groups in total. The second-order valence-electron chi connectivity index (χ2n) is 6.30. The zero-order chi connectivity index (χ0) is 16.6. The van der Waals surface area contributed by atoms with Gasteiger partial charge in [0.1, 0.15) is 6.61 Å². The minimum atomic E-state index is -1.08. The molecule has 0 aliphatic carbocycles. The Morgan fingerprint density at radius 2 is 2.08 bits per heavy atom. The number of carbonyl (C=O) groups is 1. The normalized spacial score (nSPS) is 21.2. The van der Waals surface area contributed by atoms with E-state index in [1.54, 1.807) is 0 Å². The highest BCUT2D eigenvalue weighted by Gasteiger charge is 2.32. The Morgan fingerprint density at radius 1 is 1.42 bits per heavy atom. The van der Waals surface area contributed by atoms with Crippen molar-refractivity contribution in [1.82, 2.24) is 4.90 Å². The number of nitrogens with two attached hydrogens (primary N) is 1. The number of nitrogens with zero attached hydrogens (tertiary/aromatic N) is 1. The van der Waals surface area contributed by atoms with Crippen molar-refractivity contribution in [3.8, 4) is 11.5 Å². The summed E-state index contributed by atoms with van der Waals surface area (Å²) >= 11 is 6.20. The number of likely N-dealkylation sites (tertiary alicyclic amines) is 1. The molecule has 134 valence electrons. The predicted octanol–water partition coefficient (Wildman–Crippen LogP) is 2.45. The van der Waals surface area contributed by atoms with Crippen LogP contribution in [0, 0.1) is 5.92 Å². The number of ether oxygens (including phenoxy) is 2. The average molecular weight is 377 g/mol. The van der Waals surface area contributed by atoms with Gasteiger partial charge in [-0.2, -0.15) is 0 Å². The Kier molecular flexibility index (Phi) is 6.06. The molecule has 1 aromatic rings. The first-order chi connectivity index (χ1) is 11.0. The molecule has 0 bridgehead atoms. The number of hydrogen-bond acceptors (Lipinski definition) is 5. The van der Waals surface area contributed by atoms with Crippen LogP contribution in [0.3, 0.4) is 0 Å². The molecule has 2 heterocycles. The van der Waals surface area contributed by atoms with Crippen LogP contribution in [0.5, 0.6) is 11.5 Å². The second-order valence-corrected chi connectivity index (χ2v) is 6.70. The Hall–Kier alpha value is -1.37. The molecule has 0 aromatic heterocycles. The van der Waals surface area contributed by atoms with E-state index in [2.05, 4.69) is 11.9 Å². The third-order valence-corrected chi connectivity index (χ3v) is 4.87. The monoisotopic (exact) mass is 376 g/mol. The lowest BCUT2D eigenvalue weighted by molar-refractivity contribution is -0.147. The van der Waals surface area contributed by atoms with Gasteiger partial charge in [0.15, 0.2) is 11.5 Å². The van der Waals surface area contributed by atoms with Gasteiger partial charge < -0.3 is 25.2 Å². The van der Waals surface area contributed by atoms with Gasteiger partial charge in [0.2, 0.25) is 6.10 Å². The molecule has 0 spiro atoms. The number of anilines is 1. The molecule has 1 unspecified atom stereocenters. The maximum absolute atomic E-state index is 11.1. The zero-order valence-electron chi connectivity index (χ0n) is 13.5. The zero-order valence-corrected chi connectivity index (χ0v) is 15.0. The molecule has 8 heteroatoms. The molecule has 2 aliphatic rings. The van der Waals surface area contributed by atoms with Gasteiger partial charge in [0, 0.05) is 0 Å². The van der Waals surface area contributed by atoms with Crippen LogP contribution in [0.4, 0.5) is 5.69 Å². The summed E-state index contributed by atoms with van der Waals surface area (Å²) in [5.74, 6) is 0.282. The van der Waals surface area contributed by atoms with Gasteiger partial charge in [-0.1, -0.05) is 11.6 Å². The van der Waals surface area contributed by atoms with Gasteiger partial charge in [0.05, 0.1) is 10.7 Å². The van der Waals surface area contributed by atoms with E-state index >= 15 is 0 Å². The van der Waals surface area contributed by atoms with E-state index in [1.807, 2.05) is 6.07 Å². The molecule has 2 aliphatic heterocycles. The number of carboxylic acid groups (broad SMARTS) is 1. The highest BCUT2D eigenvalue weighted by Crippen LogP contribution is 2.45. The SMILES string of the molecule is CN1CCC(Cc2cc(Cl)c(N)c3c2OCC(C(=O)O)O3)CC1.Cl. The molecule has 1 fully saturated rings. The first-order valence-electron chi connectivity index (χ1n) is 7.77. The van der Waals surface area contributed by atoms with Crippen LogP contribution in [0.1, 0.15) is 18.4 Å². The molecule has 0 amide bonds. The lowest BCUT2D eigenvalue weighted by Crippen LogP contribution is -2.37. The van der Waals surface area contributed by atoms with Crippen LogP contribution in [-0.4, -0.2) is 48.8 Å². The number of halogens is 2. The van der Waals surface area contributed by atoms with Gasteiger partial charge >= 0.3 is 5.97 Å². The van der Waals surface area contributed by atoms with Crippen LogP contribution >= 0.6 is 24.0 Å². The van der Waals surface area contributed by atoms with Crippen LogP contribution in [0.15, 0.2) is 6.07 Å². The maximum atomic E-state index is 11.1. The highest BCUT2D eigenvalue weighted by molar-refractivity contribution is 6.33. The number of benzene rings is 1. The minimum absolute atomic E-state index is 0. The van der Waals surface area contributed by atoms with E-state index in [9.17, 15) is 4.79 Å². The fraction of sp³-hybridized carbons (Fsp3) is 0.562. The number of piperidine rings is 1. The van der Waals surface area contributed by atoms with E-state index in [1.165, 1.54) is 0 Å². The van der Waals surface area contributed by atoms with Crippen molar-refractivity contribution in [2.24, 2.45) is 5.92 Å². The summed E-state index contributed by atoms with van der Waals surface area (Å²) in [5, 5.41) is 9.47. The summed E-state index contributed by atoms with van der Waals surface area (Å²) in [4.78, 5) is 13.4. The van der Waals surface area contributed by atoms with Crippen molar-refractivity contribution < 1.29 is 19.4 Å². The average Bonchev–Trinajstić information content (AvgIpc) is 2.54. The number of fused-ring (bicyclic) bond motifs is 1. The topological polar surface area (TPSA) is 85.0 Å². The Balaban J connectivity index is 0.00000208. The molecule has 24 heavy (non-hydrogen) atoms. The number of hydrogen-bond donors (Lipinski definition) is 2. The summed E-state index contributed by atoms with van der Waals surface area (Å²) in [7, 11) is 2.13. The molecule has 6 nitrogen and oxygen atoms in total. The Bertz CT molecular complexity index is 619. The highest BCUT2D eigenvalue weighted by atomic mass is 35.5. The van der Waals surface area contributed by atoms with Crippen molar-refractivity contribution >= 4 is 35.7 Å². The van der Waals surface area contributed by atoms with Crippen molar-refractivity contribution in [2.75, 3.05) is 32.5 Å². The summed E-state index contributed by atoms with van der Waals surface area (Å²) in [5.41, 5.74) is 7.13. The second kappa shape index (κ2) is 7.68. The molecule has 1 atom stereocenters. The quantitative estimate of drug-likeness (QED) is 0.788. The number of carboxylic acids is 1. The number of rotatable bonds is 3. The standard InChI is InChI=1S/C16H21ClN2O4.ClH/c1-19-4-2-9(3-5-19)6-10-7-11(17)13(18)15-14(10)22-8-12(23-15)16(20)21;/h7,9,12H,2-6,8,18H2,1H3,(H,20,21);1H. The van der Waals surface area contributed by atoms with E-state index in [-0.39, 0.29) is 30.5 Å². The van der Waals surface area contributed by atoms with Crippen molar-refractivity contribution in [1.29, 1.82) is 0 Å². The van der Waals surface area contributed by atoms with Gasteiger partial charge in [-0.3, -0.25) is 0 Å². The smallest absolute Gasteiger partial charge is 0.348 e. The van der Waals surface area contributed by atoms with E-state index in [4.69, 9.17) is 31.9 Å². The number of aliphatic carboxylic acids is 1. The third kappa shape index (κ3) is 3.82. The molecular weight excluding hydrogens is 355 g/mol.